The van der Waals surface area contributed by atoms with Gasteiger partial charge in [-0.1, -0.05) is 13.8 Å². The van der Waals surface area contributed by atoms with Crippen LogP contribution in [0.1, 0.15) is 32.3 Å². The van der Waals surface area contributed by atoms with Gasteiger partial charge in [-0.05, 0) is 30.4 Å². The van der Waals surface area contributed by atoms with Crippen LogP contribution in [0.25, 0.3) is 0 Å². The monoisotopic (exact) mass is 232 g/mol. The highest BCUT2D eigenvalue weighted by Gasteiger charge is 2.28. The van der Waals surface area contributed by atoms with Crippen molar-refractivity contribution in [3.8, 4) is 0 Å². The normalized spacial score (nSPS) is 19.1. The minimum atomic E-state index is 0.0940. The lowest BCUT2D eigenvalue weighted by atomic mass is 9.84. The number of hydrogen-bond donors (Lipinski definition) is 2. The molecule has 0 atom stereocenters. The summed E-state index contributed by atoms with van der Waals surface area (Å²) >= 11 is 0. The van der Waals surface area contributed by atoms with Crippen LogP contribution in [-0.4, -0.2) is 23.9 Å². The van der Waals surface area contributed by atoms with Gasteiger partial charge in [-0.3, -0.25) is 5.41 Å². The van der Waals surface area contributed by atoms with Gasteiger partial charge in [-0.15, -0.1) is 0 Å². The first kappa shape index (κ1) is 11.9. The molecule has 4 nitrogen and oxygen atoms in total. The molecule has 0 bridgehead atoms. The summed E-state index contributed by atoms with van der Waals surface area (Å²) in [5.41, 5.74) is 6.66. The van der Waals surface area contributed by atoms with Gasteiger partial charge in [0.2, 0.25) is 0 Å². The van der Waals surface area contributed by atoms with Gasteiger partial charge in [0, 0.05) is 19.3 Å². The van der Waals surface area contributed by atoms with Crippen LogP contribution in [0.3, 0.4) is 0 Å². The van der Waals surface area contributed by atoms with Crippen molar-refractivity contribution in [2.75, 3.05) is 18.0 Å². The molecule has 1 aromatic rings. The Labute approximate surface area is 102 Å². The number of nitrogens with two attached hydrogens (primary N) is 1. The molecule has 4 heteroatoms. The van der Waals surface area contributed by atoms with Crippen LogP contribution in [0.5, 0.6) is 0 Å². The zero-order valence-corrected chi connectivity index (χ0v) is 10.5. The molecule has 0 spiro atoms. The molecule has 1 aliphatic heterocycles. The van der Waals surface area contributed by atoms with Crippen LogP contribution < -0.4 is 10.6 Å². The fourth-order valence-corrected chi connectivity index (χ4v) is 2.46. The molecule has 0 unspecified atom stereocenters. The van der Waals surface area contributed by atoms with Crippen LogP contribution in [0.2, 0.25) is 0 Å². The van der Waals surface area contributed by atoms with E-state index in [2.05, 4.69) is 23.7 Å². The number of pyridine rings is 1. The molecule has 0 amide bonds. The van der Waals surface area contributed by atoms with Gasteiger partial charge in [0.1, 0.15) is 11.7 Å². The minimum Gasteiger partial charge on any atom is -0.384 e. The summed E-state index contributed by atoms with van der Waals surface area (Å²) in [5.74, 6) is 0.948. The van der Waals surface area contributed by atoms with Crippen molar-refractivity contribution in [2.45, 2.75) is 26.7 Å². The van der Waals surface area contributed by atoms with Gasteiger partial charge in [0.05, 0.1) is 5.56 Å². The molecular formula is C13H20N4. The Balaban J connectivity index is 2.30. The second-order valence-electron chi connectivity index (χ2n) is 5.48. The van der Waals surface area contributed by atoms with Crippen LogP contribution in [0, 0.1) is 10.8 Å². The Morgan fingerprint density at radius 1 is 1.53 bits per heavy atom. The van der Waals surface area contributed by atoms with Crippen LogP contribution in [0.15, 0.2) is 18.3 Å². The lowest BCUT2D eigenvalue weighted by Crippen LogP contribution is -2.41. The number of nitrogens with one attached hydrogen (secondary N) is 1. The lowest BCUT2D eigenvalue weighted by Gasteiger charge is -2.39. The second-order valence-corrected chi connectivity index (χ2v) is 5.48. The molecule has 1 saturated heterocycles. The van der Waals surface area contributed by atoms with Crippen LogP contribution >= 0.6 is 0 Å². The molecule has 1 aromatic heterocycles. The average molecular weight is 232 g/mol. The SMILES string of the molecule is CC1(C)CCCN(c2ncccc2C(=N)N)C1. The van der Waals surface area contributed by atoms with Crippen molar-refractivity contribution in [3.63, 3.8) is 0 Å². The van der Waals surface area contributed by atoms with E-state index in [1.54, 1.807) is 6.20 Å². The predicted octanol–water partition coefficient (Wildman–Crippen LogP) is 1.99. The number of aromatic nitrogens is 1. The summed E-state index contributed by atoms with van der Waals surface area (Å²) in [6, 6.07) is 3.70. The highest BCUT2D eigenvalue weighted by molar-refractivity contribution is 5.99. The smallest absolute Gasteiger partial charge is 0.139 e. The molecule has 17 heavy (non-hydrogen) atoms. The largest absolute Gasteiger partial charge is 0.384 e. The zero-order chi connectivity index (χ0) is 12.5. The average Bonchev–Trinajstić information content (AvgIpc) is 2.27. The molecule has 2 heterocycles. The Morgan fingerprint density at radius 3 is 2.94 bits per heavy atom. The highest BCUT2D eigenvalue weighted by atomic mass is 15.2. The Kier molecular flexibility index (Phi) is 3.05. The highest BCUT2D eigenvalue weighted by Crippen LogP contribution is 2.31. The topological polar surface area (TPSA) is 66.0 Å². The second kappa shape index (κ2) is 4.35. The number of amidine groups is 1. The third kappa shape index (κ3) is 2.57. The van der Waals surface area contributed by atoms with E-state index in [0.29, 0.717) is 5.41 Å². The van der Waals surface area contributed by atoms with Crippen molar-refractivity contribution < 1.29 is 0 Å². The molecule has 2 rings (SSSR count). The summed E-state index contributed by atoms with van der Waals surface area (Å²) in [6.07, 6.45) is 4.18. The first-order valence-electron chi connectivity index (χ1n) is 6.04. The molecule has 92 valence electrons. The molecule has 0 aromatic carbocycles. The summed E-state index contributed by atoms with van der Waals surface area (Å²) in [6.45, 7) is 6.52. The van der Waals surface area contributed by atoms with Crippen molar-refractivity contribution in [3.05, 3.63) is 23.9 Å². The maximum atomic E-state index is 7.60. The van der Waals surface area contributed by atoms with E-state index in [0.717, 1.165) is 24.5 Å². The van der Waals surface area contributed by atoms with E-state index < -0.39 is 0 Å². The van der Waals surface area contributed by atoms with E-state index >= 15 is 0 Å². The van der Waals surface area contributed by atoms with E-state index in [-0.39, 0.29) is 5.84 Å². The lowest BCUT2D eigenvalue weighted by molar-refractivity contribution is 0.292. The Hall–Kier alpha value is -1.58. The third-order valence-electron chi connectivity index (χ3n) is 3.28. The summed E-state index contributed by atoms with van der Waals surface area (Å²) in [7, 11) is 0. The Morgan fingerprint density at radius 2 is 2.29 bits per heavy atom. The maximum Gasteiger partial charge on any atom is 0.139 e. The fraction of sp³-hybridized carbons (Fsp3) is 0.538. The van der Waals surface area contributed by atoms with Gasteiger partial charge in [-0.25, -0.2) is 4.98 Å². The minimum absolute atomic E-state index is 0.0940. The molecule has 3 N–H and O–H groups in total. The number of piperidine rings is 1. The molecule has 0 radical (unpaired) electrons. The van der Waals surface area contributed by atoms with Gasteiger partial charge in [0.15, 0.2) is 0 Å². The van der Waals surface area contributed by atoms with Crippen molar-refractivity contribution in [1.29, 1.82) is 5.41 Å². The number of nitrogen functional groups attached to an aromatic ring is 1. The standard InChI is InChI=1S/C13H20N4/c1-13(2)6-4-8-17(9-13)12-10(11(14)15)5-3-7-16-12/h3,5,7H,4,6,8-9H2,1-2H3,(H3,14,15). The van der Waals surface area contributed by atoms with E-state index in [4.69, 9.17) is 11.1 Å². The molecule has 0 aliphatic carbocycles. The number of hydrogen-bond acceptors (Lipinski definition) is 3. The summed E-state index contributed by atoms with van der Waals surface area (Å²) in [5, 5.41) is 7.60. The van der Waals surface area contributed by atoms with Crippen LogP contribution in [0.4, 0.5) is 5.82 Å². The quantitative estimate of drug-likeness (QED) is 0.605. The van der Waals surface area contributed by atoms with Crippen LogP contribution in [-0.2, 0) is 0 Å². The first-order valence-corrected chi connectivity index (χ1v) is 6.04. The summed E-state index contributed by atoms with van der Waals surface area (Å²) in [4.78, 5) is 6.64. The first-order chi connectivity index (χ1) is 7.99. The molecular weight excluding hydrogens is 212 g/mol. The van der Waals surface area contributed by atoms with Gasteiger partial charge in [-0.2, -0.15) is 0 Å². The number of rotatable bonds is 2. The zero-order valence-electron chi connectivity index (χ0n) is 10.5. The van der Waals surface area contributed by atoms with Crippen molar-refractivity contribution in [2.24, 2.45) is 11.1 Å². The molecule has 1 fully saturated rings. The Bertz CT molecular complexity index is 425. The number of nitrogens with zero attached hydrogens (tertiary/aromatic N) is 2. The number of anilines is 1. The van der Waals surface area contributed by atoms with Crippen molar-refractivity contribution >= 4 is 11.7 Å². The van der Waals surface area contributed by atoms with E-state index in [9.17, 15) is 0 Å². The molecule has 1 aliphatic rings. The third-order valence-corrected chi connectivity index (χ3v) is 3.28. The van der Waals surface area contributed by atoms with Gasteiger partial charge in [0.25, 0.3) is 0 Å². The summed E-state index contributed by atoms with van der Waals surface area (Å²) < 4.78 is 0. The fourth-order valence-electron chi connectivity index (χ4n) is 2.46. The van der Waals surface area contributed by atoms with Crippen molar-refractivity contribution in [1.82, 2.24) is 4.98 Å². The van der Waals surface area contributed by atoms with E-state index in [1.807, 2.05) is 12.1 Å². The van der Waals surface area contributed by atoms with Gasteiger partial charge >= 0.3 is 0 Å². The van der Waals surface area contributed by atoms with E-state index in [1.165, 1.54) is 12.8 Å². The predicted molar refractivity (Wildman–Crippen MR) is 70.5 cm³/mol. The molecule has 0 saturated carbocycles. The maximum absolute atomic E-state index is 7.60. The van der Waals surface area contributed by atoms with Gasteiger partial charge < -0.3 is 10.6 Å².